The molecule has 4 fully saturated rings. The summed E-state index contributed by atoms with van der Waals surface area (Å²) in [7, 11) is 1.83. The van der Waals surface area contributed by atoms with E-state index in [0.29, 0.717) is 78.5 Å². The molecule has 0 radical (unpaired) electrons. The Bertz CT molecular complexity index is 2120. The van der Waals surface area contributed by atoms with Gasteiger partial charge in [0.25, 0.3) is 0 Å². The third-order valence-corrected chi connectivity index (χ3v) is 11.5. The minimum absolute atomic E-state index is 0.000556. The number of carbonyl (C=O) groups is 2. The highest BCUT2D eigenvalue weighted by atomic mass is 19.1. The van der Waals surface area contributed by atoms with Crippen LogP contribution >= 0.6 is 0 Å². The lowest BCUT2D eigenvalue weighted by atomic mass is 9.95. The number of hydrogen-bond acceptors (Lipinski definition) is 8. The topological polar surface area (TPSA) is 115 Å². The maximum Gasteiger partial charge on any atom is 0.407 e. The van der Waals surface area contributed by atoms with Gasteiger partial charge in [0.15, 0.2) is 5.82 Å². The van der Waals surface area contributed by atoms with Gasteiger partial charge in [0, 0.05) is 63.5 Å². The summed E-state index contributed by atoms with van der Waals surface area (Å²) in [6.07, 6.45) is 6.02. The van der Waals surface area contributed by atoms with E-state index in [1.807, 2.05) is 11.9 Å². The SMILES string of the molecule is Cc1c(F)ccc2c(-c3ncc4c(N(C)[C@@H]5CCN(C(=O)/C=C/[C@H]6CCN6C(=O)O)C5)nc(OC[C@@]56CCCN5C[C@H](F)C6)nc4c3F)cccc12. The fraction of sp³-hybridized carbons (Fsp3) is 0.447. The van der Waals surface area contributed by atoms with Crippen LogP contribution in [0.4, 0.5) is 23.8 Å². The van der Waals surface area contributed by atoms with Gasteiger partial charge in [0.05, 0.1) is 17.0 Å². The van der Waals surface area contributed by atoms with Crippen molar-refractivity contribution in [3.8, 4) is 17.3 Å². The summed E-state index contributed by atoms with van der Waals surface area (Å²) in [5.41, 5.74) is 0.526. The number of likely N-dealkylation sites (N-methyl/N-ethyl adjacent to an activating group) is 1. The number of anilines is 1. The molecule has 11 nitrogen and oxygen atoms in total. The summed E-state index contributed by atoms with van der Waals surface area (Å²) < 4.78 is 52.1. The third kappa shape index (κ3) is 5.86. The Kier molecular flexibility index (Phi) is 8.67. The van der Waals surface area contributed by atoms with Crippen LogP contribution in [0.15, 0.2) is 48.7 Å². The van der Waals surface area contributed by atoms with Crippen molar-refractivity contribution in [2.45, 2.75) is 62.8 Å². The molecule has 4 aromatic rings. The number of fused-ring (bicyclic) bond motifs is 3. The minimum atomic E-state index is -1.01. The van der Waals surface area contributed by atoms with E-state index in [1.54, 1.807) is 42.2 Å². The number of alkyl halides is 1. The molecule has 0 unspecified atom stereocenters. The summed E-state index contributed by atoms with van der Waals surface area (Å²) in [5, 5.41) is 10.9. The number of aryl methyl sites for hydroxylation is 1. The molecule has 8 rings (SSSR count). The van der Waals surface area contributed by atoms with E-state index >= 15 is 4.39 Å². The van der Waals surface area contributed by atoms with Gasteiger partial charge in [0.2, 0.25) is 5.91 Å². The summed E-state index contributed by atoms with van der Waals surface area (Å²) in [5.74, 6) is -0.869. The Morgan fingerprint density at radius 2 is 1.92 bits per heavy atom. The molecule has 52 heavy (non-hydrogen) atoms. The normalized spacial score (nSPS) is 24.6. The zero-order valence-electron chi connectivity index (χ0n) is 29.1. The number of hydrogen-bond donors (Lipinski definition) is 1. The molecule has 4 saturated heterocycles. The zero-order chi connectivity index (χ0) is 36.3. The van der Waals surface area contributed by atoms with Crippen LogP contribution in [0.2, 0.25) is 0 Å². The number of carbonyl (C=O) groups excluding carboxylic acids is 1. The van der Waals surface area contributed by atoms with Crippen molar-refractivity contribution in [2.24, 2.45) is 0 Å². The van der Waals surface area contributed by atoms with E-state index in [0.717, 1.165) is 19.4 Å². The average Bonchev–Trinajstić information content (AvgIpc) is 3.83. The Morgan fingerprint density at radius 1 is 1.08 bits per heavy atom. The Morgan fingerprint density at radius 3 is 2.71 bits per heavy atom. The van der Waals surface area contributed by atoms with Gasteiger partial charge < -0.3 is 24.5 Å². The molecule has 2 amide bonds. The van der Waals surface area contributed by atoms with Gasteiger partial charge in [-0.05, 0) is 61.6 Å². The van der Waals surface area contributed by atoms with E-state index in [1.165, 1.54) is 23.2 Å². The first kappa shape index (κ1) is 34.1. The lowest BCUT2D eigenvalue weighted by Gasteiger charge is -2.36. The minimum Gasteiger partial charge on any atom is -0.465 e. The number of aromatic nitrogens is 3. The van der Waals surface area contributed by atoms with E-state index in [2.05, 4.69) is 14.9 Å². The van der Waals surface area contributed by atoms with Crippen LogP contribution in [0.3, 0.4) is 0 Å². The molecule has 272 valence electrons. The van der Waals surface area contributed by atoms with Gasteiger partial charge in [0.1, 0.15) is 35.6 Å². The average molecular weight is 716 g/mol. The van der Waals surface area contributed by atoms with Gasteiger partial charge in [-0.2, -0.15) is 9.97 Å². The molecule has 6 heterocycles. The fourth-order valence-corrected chi connectivity index (χ4v) is 8.45. The molecule has 0 aliphatic carbocycles. The zero-order valence-corrected chi connectivity index (χ0v) is 29.1. The van der Waals surface area contributed by atoms with Crippen molar-refractivity contribution >= 4 is 39.5 Å². The molecular weight excluding hydrogens is 675 g/mol. The second kappa shape index (κ2) is 13.2. The molecule has 0 spiro atoms. The second-order valence-corrected chi connectivity index (χ2v) is 14.5. The van der Waals surface area contributed by atoms with Crippen LogP contribution in [0.25, 0.3) is 32.9 Å². The Hall–Kier alpha value is -4.98. The summed E-state index contributed by atoms with van der Waals surface area (Å²) >= 11 is 0. The number of nitrogens with zero attached hydrogens (tertiary/aromatic N) is 7. The van der Waals surface area contributed by atoms with Crippen LogP contribution in [0.5, 0.6) is 6.01 Å². The number of benzene rings is 2. The van der Waals surface area contributed by atoms with Crippen LogP contribution in [0, 0.1) is 18.6 Å². The van der Waals surface area contributed by atoms with Crippen LogP contribution in [-0.2, 0) is 4.79 Å². The molecule has 4 aliphatic heterocycles. The molecule has 14 heteroatoms. The molecule has 0 saturated carbocycles. The van der Waals surface area contributed by atoms with E-state index < -0.39 is 23.6 Å². The maximum absolute atomic E-state index is 16.8. The largest absolute Gasteiger partial charge is 0.465 e. The first-order valence-electron chi connectivity index (χ1n) is 17.8. The van der Waals surface area contributed by atoms with E-state index in [4.69, 9.17) is 9.72 Å². The lowest BCUT2D eigenvalue weighted by Crippen LogP contribution is -2.49. The number of carboxylic acid groups (broad SMARTS) is 1. The highest BCUT2D eigenvalue weighted by Gasteiger charge is 2.49. The van der Waals surface area contributed by atoms with Gasteiger partial charge in [-0.15, -0.1) is 0 Å². The molecule has 0 bridgehead atoms. The highest BCUT2D eigenvalue weighted by molar-refractivity contribution is 6.00. The van der Waals surface area contributed by atoms with Gasteiger partial charge in [-0.1, -0.05) is 30.3 Å². The maximum atomic E-state index is 16.8. The molecule has 2 aromatic heterocycles. The number of likely N-dealkylation sites (tertiary alicyclic amines) is 2. The monoisotopic (exact) mass is 715 g/mol. The molecule has 4 aliphatic rings. The third-order valence-electron chi connectivity index (χ3n) is 11.5. The van der Waals surface area contributed by atoms with Crippen molar-refractivity contribution in [1.82, 2.24) is 29.7 Å². The lowest BCUT2D eigenvalue weighted by molar-refractivity contribution is -0.125. The van der Waals surface area contributed by atoms with Crippen molar-refractivity contribution in [1.29, 1.82) is 0 Å². The van der Waals surface area contributed by atoms with Crippen molar-refractivity contribution in [2.75, 3.05) is 51.3 Å². The van der Waals surface area contributed by atoms with Crippen molar-refractivity contribution < 1.29 is 32.6 Å². The standard InChI is InChI=1S/C38H40F3N7O4/c1-22-26-5-3-6-28(27(26)8-9-30(22)40)33-32(41)34-29(18-42-33)35(44-36(43-34)52-21-38-13-4-14-47(38)19-23(39)17-38)45(2)25-11-15-46(20-25)31(49)10-7-24-12-16-48(24)37(50)51/h3,5-10,18,23-25H,4,11-17,19-21H2,1-2H3,(H,50,51)/b10-7+/t23-,24+,25-,38+/m1/s1. The molecule has 1 N–H and O–H groups in total. The van der Waals surface area contributed by atoms with Crippen LogP contribution in [-0.4, -0.2) is 117 Å². The van der Waals surface area contributed by atoms with Gasteiger partial charge in [-0.3, -0.25) is 14.7 Å². The Balaban J connectivity index is 1.13. The van der Waals surface area contributed by atoms with E-state index in [-0.39, 0.29) is 47.6 Å². The highest BCUT2D eigenvalue weighted by Crippen LogP contribution is 2.41. The van der Waals surface area contributed by atoms with Gasteiger partial charge >= 0.3 is 12.1 Å². The molecule has 2 aromatic carbocycles. The summed E-state index contributed by atoms with van der Waals surface area (Å²) in [6.45, 7) is 4.27. The number of halogens is 3. The number of pyridine rings is 1. The molecule has 4 atom stereocenters. The second-order valence-electron chi connectivity index (χ2n) is 14.5. The first-order chi connectivity index (χ1) is 25.0. The smallest absolute Gasteiger partial charge is 0.407 e. The van der Waals surface area contributed by atoms with Crippen molar-refractivity contribution in [3.63, 3.8) is 0 Å². The van der Waals surface area contributed by atoms with E-state index in [9.17, 15) is 23.5 Å². The predicted molar refractivity (Wildman–Crippen MR) is 189 cm³/mol. The fourth-order valence-electron chi connectivity index (χ4n) is 8.45. The van der Waals surface area contributed by atoms with Crippen molar-refractivity contribution in [3.05, 3.63) is 65.9 Å². The summed E-state index contributed by atoms with van der Waals surface area (Å²) in [6, 6.07) is 7.72. The van der Waals surface area contributed by atoms with Crippen LogP contribution in [0.1, 0.15) is 37.7 Å². The number of ether oxygens (including phenoxy) is 1. The summed E-state index contributed by atoms with van der Waals surface area (Å²) in [4.78, 5) is 45.4. The molecular formula is C38H40F3N7O4. The predicted octanol–water partition coefficient (Wildman–Crippen LogP) is 5.73. The van der Waals surface area contributed by atoms with Crippen LogP contribution < -0.4 is 9.64 Å². The first-order valence-corrected chi connectivity index (χ1v) is 17.8. The van der Waals surface area contributed by atoms with Gasteiger partial charge in [-0.25, -0.2) is 18.0 Å². The Labute approximate surface area is 298 Å². The number of rotatable bonds is 8. The quantitative estimate of drug-likeness (QED) is 0.229. The number of amides is 2.